The molecule has 6 heteroatoms. The highest BCUT2D eigenvalue weighted by Gasteiger charge is 2.38. The number of Topliss-reactive ketones (excluding diaryl/α,β-unsaturated/α-hetero) is 1. The molecule has 0 unspecified atom stereocenters. The molecule has 1 aliphatic heterocycles. The maximum atomic E-state index is 12.8. The maximum Gasteiger partial charge on any atom is 0.343 e. The first-order valence-corrected chi connectivity index (χ1v) is 8.43. The minimum Gasteiger partial charge on any atom is -0.465 e. The van der Waals surface area contributed by atoms with Gasteiger partial charge in [0.05, 0.1) is 12.8 Å². The van der Waals surface area contributed by atoms with Crippen molar-refractivity contribution >= 4 is 46.5 Å². The molecule has 0 saturated carbocycles. The Morgan fingerprint density at radius 3 is 2.54 bits per heavy atom. The van der Waals surface area contributed by atoms with Crippen molar-refractivity contribution in [3.8, 4) is 0 Å². The molecule has 0 spiro atoms. The molecular formula is C18H14ClNO3S. The highest BCUT2D eigenvalue weighted by atomic mass is 35.5. The molecule has 0 fully saturated rings. The number of esters is 1. The number of allylic oxidation sites excluding steroid dienone is 2. The number of hydrogen-bond donors (Lipinski definition) is 0. The number of anilines is 1. The maximum absolute atomic E-state index is 12.8. The first kappa shape index (κ1) is 16.5. The van der Waals surface area contributed by atoms with Crippen molar-refractivity contribution in [2.75, 3.05) is 12.0 Å². The number of carbonyl (C=O) groups excluding carboxylic acids is 2. The molecule has 24 heavy (non-hydrogen) atoms. The summed E-state index contributed by atoms with van der Waals surface area (Å²) in [5.41, 5.74) is 1.76. The Kier molecular flexibility index (Phi) is 4.55. The quantitative estimate of drug-likeness (QED) is 0.466. The molecule has 2 heterocycles. The minimum absolute atomic E-state index is 0.0512. The van der Waals surface area contributed by atoms with E-state index in [0.29, 0.717) is 16.4 Å². The van der Waals surface area contributed by atoms with Gasteiger partial charge in [0.25, 0.3) is 0 Å². The van der Waals surface area contributed by atoms with Gasteiger partial charge in [0, 0.05) is 21.3 Å². The Labute approximate surface area is 148 Å². The van der Waals surface area contributed by atoms with Crippen LogP contribution in [0.3, 0.4) is 0 Å². The number of nitrogens with zero attached hydrogens (tertiary/aromatic N) is 1. The van der Waals surface area contributed by atoms with Crippen molar-refractivity contribution in [1.82, 2.24) is 0 Å². The lowest BCUT2D eigenvalue weighted by Crippen LogP contribution is -2.18. The third kappa shape index (κ3) is 2.88. The number of halogens is 1. The summed E-state index contributed by atoms with van der Waals surface area (Å²) in [6, 6.07) is 10.9. The summed E-state index contributed by atoms with van der Waals surface area (Å²) in [5, 5.41) is 2.53. The van der Waals surface area contributed by atoms with Gasteiger partial charge in [-0.15, -0.1) is 11.3 Å². The third-order valence-electron chi connectivity index (χ3n) is 3.69. The van der Waals surface area contributed by atoms with Crippen LogP contribution in [0.2, 0.25) is 5.02 Å². The van der Waals surface area contributed by atoms with Crippen molar-refractivity contribution in [2.24, 2.45) is 0 Å². The molecule has 0 atom stereocenters. The molecule has 2 aromatic rings. The molecule has 1 aromatic heterocycles. The lowest BCUT2D eigenvalue weighted by atomic mass is 10.1. The molecule has 0 aliphatic carbocycles. The molecular weight excluding hydrogens is 346 g/mol. The van der Waals surface area contributed by atoms with Gasteiger partial charge in [0.2, 0.25) is 5.78 Å². The number of ketones is 1. The molecule has 1 aromatic carbocycles. The van der Waals surface area contributed by atoms with E-state index in [4.69, 9.17) is 16.3 Å². The summed E-state index contributed by atoms with van der Waals surface area (Å²) in [4.78, 5) is 27.5. The summed E-state index contributed by atoms with van der Waals surface area (Å²) in [6.45, 7) is 1.73. The summed E-state index contributed by atoms with van der Waals surface area (Å²) < 4.78 is 4.77. The largest absolute Gasteiger partial charge is 0.465 e. The minimum atomic E-state index is -0.633. The fourth-order valence-corrected chi connectivity index (χ4v) is 3.37. The zero-order valence-corrected chi connectivity index (χ0v) is 14.6. The van der Waals surface area contributed by atoms with Gasteiger partial charge in [0.1, 0.15) is 5.57 Å². The van der Waals surface area contributed by atoms with E-state index in [0.717, 1.165) is 10.6 Å². The Morgan fingerprint density at radius 2 is 1.96 bits per heavy atom. The average Bonchev–Trinajstić information content (AvgIpc) is 3.16. The molecule has 0 radical (unpaired) electrons. The van der Waals surface area contributed by atoms with Crippen molar-refractivity contribution in [3.05, 3.63) is 68.6 Å². The van der Waals surface area contributed by atoms with Gasteiger partial charge in [-0.05, 0) is 48.7 Å². The molecule has 0 saturated heterocycles. The number of thiophene rings is 1. The topological polar surface area (TPSA) is 46.6 Å². The van der Waals surface area contributed by atoms with Crippen LogP contribution in [0.15, 0.2) is 58.7 Å². The van der Waals surface area contributed by atoms with E-state index in [9.17, 15) is 9.59 Å². The van der Waals surface area contributed by atoms with Crippen LogP contribution in [0, 0.1) is 0 Å². The standard InChI is InChI=1S/C18H14ClNO3S/c1-11-16(18(22)23-2)17(21)15(10-14-4-3-9-24-14)20(11)13-7-5-12(19)6-8-13/h3-10H,1-2H3/b15-10-. The van der Waals surface area contributed by atoms with E-state index in [-0.39, 0.29) is 11.4 Å². The first-order valence-electron chi connectivity index (χ1n) is 7.17. The van der Waals surface area contributed by atoms with Crippen molar-refractivity contribution in [2.45, 2.75) is 6.92 Å². The van der Waals surface area contributed by atoms with Crippen LogP contribution in [0.4, 0.5) is 5.69 Å². The molecule has 0 N–H and O–H groups in total. The zero-order chi connectivity index (χ0) is 17.3. The predicted octanol–water partition coefficient (Wildman–Crippen LogP) is 4.28. The highest BCUT2D eigenvalue weighted by molar-refractivity contribution is 7.10. The fourth-order valence-electron chi connectivity index (χ4n) is 2.59. The highest BCUT2D eigenvalue weighted by Crippen LogP contribution is 2.36. The number of methoxy groups -OCH3 is 1. The van der Waals surface area contributed by atoms with Gasteiger partial charge in [-0.25, -0.2) is 4.79 Å². The van der Waals surface area contributed by atoms with Crippen LogP contribution in [0.1, 0.15) is 11.8 Å². The SMILES string of the molecule is COC(=O)C1=C(C)N(c2ccc(Cl)cc2)/C(=C\c2cccs2)C1=O. The Morgan fingerprint density at radius 1 is 1.25 bits per heavy atom. The van der Waals surface area contributed by atoms with Crippen LogP contribution in [-0.2, 0) is 14.3 Å². The monoisotopic (exact) mass is 359 g/mol. The molecule has 3 rings (SSSR count). The normalized spacial score (nSPS) is 16.2. The third-order valence-corrected chi connectivity index (χ3v) is 4.77. The van der Waals surface area contributed by atoms with Crippen molar-refractivity contribution in [1.29, 1.82) is 0 Å². The van der Waals surface area contributed by atoms with Gasteiger partial charge >= 0.3 is 5.97 Å². The fraction of sp³-hybridized carbons (Fsp3) is 0.111. The molecule has 0 bridgehead atoms. The second kappa shape index (κ2) is 6.63. The second-order valence-electron chi connectivity index (χ2n) is 5.14. The molecule has 1 aliphatic rings. The first-order chi connectivity index (χ1) is 11.5. The lowest BCUT2D eigenvalue weighted by Gasteiger charge is -2.21. The number of ether oxygens (including phenoxy) is 1. The van der Waals surface area contributed by atoms with Gasteiger partial charge in [-0.3, -0.25) is 4.79 Å². The second-order valence-corrected chi connectivity index (χ2v) is 6.55. The van der Waals surface area contributed by atoms with Crippen LogP contribution >= 0.6 is 22.9 Å². The number of benzene rings is 1. The van der Waals surface area contributed by atoms with Gasteiger partial charge in [-0.2, -0.15) is 0 Å². The Hall–Kier alpha value is -2.37. The number of carbonyl (C=O) groups is 2. The van der Waals surface area contributed by atoms with Crippen LogP contribution in [0.25, 0.3) is 6.08 Å². The molecule has 0 amide bonds. The average molecular weight is 360 g/mol. The predicted molar refractivity (Wildman–Crippen MR) is 96.0 cm³/mol. The van der Waals surface area contributed by atoms with Crippen LogP contribution in [0.5, 0.6) is 0 Å². The van der Waals surface area contributed by atoms with E-state index in [1.54, 1.807) is 30.0 Å². The van der Waals surface area contributed by atoms with E-state index in [2.05, 4.69) is 0 Å². The van der Waals surface area contributed by atoms with Gasteiger partial charge in [-0.1, -0.05) is 17.7 Å². The summed E-state index contributed by atoms with van der Waals surface area (Å²) in [7, 11) is 1.27. The Balaban J connectivity index is 2.15. The van der Waals surface area contributed by atoms with E-state index in [1.165, 1.54) is 18.4 Å². The summed E-state index contributed by atoms with van der Waals surface area (Å²) in [6.07, 6.45) is 1.78. The number of hydrogen-bond acceptors (Lipinski definition) is 5. The van der Waals surface area contributed by atoms with Gasteiger partial charge in [0.15, 0.2) is 0 Å². The smallest absolute Gasteiger partial charge is 0.343 e. The molecule has 122 valence electrons. The summed E-state index contributed by atoms with van der Waals surface area (Å²) in [5.74, 6) is -0.978. The van der Waals surface area contributed by atoms with Crippen molar-refractivity contribution in [3.63, 3.8) is 0 Å². The van der Waals surface area contributed by atoms with Crippen molar-refractivity contribution < 1.29 is 14.3 Å². The number of rotatable bonds is 3. The van der Waals surface area contributed by atoms with E-state index >= 15 is 0 Å². The summed E-state index contributed by atoms with van der Waals surface area (Å²) >= 11 is 7.47. The molecule has 4 nitrogen and oxygen atoms in total. The van der Waals surface area contributed by atoms with Crippen LogP contribution in [-0.4, -0.2) is 18.9 Å². The van der Waals surface area contributed by atoms with Crippen LogP contribution < -0.4 is 4.90 Å². The van der Waals surface area contributed by atoms with Gasteiger partial charge < -0.3 is 9.64 Å². The lowest BCUT2D eigenvalue weighted by molar-refractivity contribution is -0.137. The van der Waals surface area contributed by atoms with E-state index < -0.39 is 5.97 Å². The Bertz CT molecular complexity index is 851. The van der Waals surface area contributed by atoms with E-state index in [1.807, 2.05) is 29.6 Å². The zero-order valence-electron chi connectivity index (χ0n) is 13.1.